The summed E-state index contributed by atoms with van der Waals surface area (Å²) in [6, 6.07) is 13.8. The van der Waals surface area contributed by atoms with Gasteiger partial charge in [-0.25, -0.2) is 0 Å². The number of nitrogens with zero attached hydrogens (tertiary/aromatic N) is 2. The molecule has 2 aromatic rings. The molecule has 1 atom stereocenters. The van der Waals surface area contributed by atoms with E-state index < -0.39 is 17.7 Å². The number of aliphatic hydroxyl groups excluding tert-OH is 1. The van der Waals surface area contributed by atoms with Gasteiger partial charge in [-0.15, -0.1) is 0 Å². The maximum atomic E-state index is 13.1. The van der Waals surface area contributed by atoms with Gasteiger partial charge in [0.05, 0.1) is 30.4 Å². The molecule has 1 fully saturated rings. The fraction of sp³-hybridized carbons (Fsp3) is 0.407. The van der Waals surface area contributed by atoms with E-state index >= 15 is 0 Å². The number of anilines is 1. The average Bonchev–Trinajstić information content (AvgIpc) is 3.03. The fourth-order valence-corrected chi connectivity index (χ4v) is 3.92. The molecule has 3 rings (SSSR count). The van der Waals surface area contributed by atoms with Crippen LogP contribution >= 0.6 is 0 Å². The van der Waals surface area contributed by atoms with Crippen LogP contribution in [0.25, 0.3) is 5.76 Å². The van der Waals surface area contributed by atoms with E-state index in [0.717, 1.165) is 11.3 Å². The number of ketones is 1. The first kappa shape index (κ1) is 25.3. The largest absolute Gasteiger partial charge is 0.507 e. The van der Waals surface area contributed by atoms with E-state index in [1.54, 1.807) is 24.3 Å². The highest BCUT2D eigenvalue weighted by atomic mass is 16.5. The van der Waals surface area contributed by atoms with Crippen LogP contribution in [-0.2, 0) is 14.3 Å². The number of rotatable bonds is 9. The van der Waals surface area contributed by atoms with E-state index in [1.165, 1.54) is 4.90 Å². The number of hydrogen-bond acceptors (Lipinski definition) is 6. The number of likely N-dealkylation sites (tertiary alicyclic amines) is 1. The van der Waals surface area contributed by atoms with Crippen LogP contribution < -0.4 is 9.64 Å². The third-order valence-corrected chi connectivity index (χ3v) is 5.55. The molecule has 1 saturated heterocycles. The minimum absolute atomic E-state index is 0.00113. The van der Waals surface area contributed by atoms with Gasteiger partial charge >= 0.3 is 0 Å². The van der Waals surface area contributed by atoms with E-state index in [9.17, 15) is 14.7 Å². The molecule has 1 aliphatic heterocycles. The van der Waals surface area contributed by atoms with Crippen LogP contribution in [-0.4, -0.2) is 61.2 Å². The number of aliphatic hydroxyl groups is 1. The molecule has 1 N–H and O–H groups in total. The van der Waals surface area contributed by atoms with E-state index in [4.69, 9.17) is 9.47 Å². The van der Waals surface area contributed by atoms with Crippen molar-refractivity contribution < 1.29 is 24.2 Å². The minimum atomic E-state index is -0.710. The molecular weight excluding hydrogens is 432 g/mol. The van der Waals surface area contributed by atoms with Crippen LogP contribution in [0, 0.1) is 0 Å². The van der Waals surface area contributed by atoms with Gasteiger partial charge in [-0.1, -0.05) is 12.1 Å². The van der Waals surface area contributed by atoms with Gasteiger partial charge in [0.15, 0.2) is 0 Å². The molecule has 0 radical (unpaired) electrons. The molecule has 1 unspecified atom stereocenters. The highest BCUT2D eigenvalue weighted by Gasteiger charge is 2.45. The first-order valence-electron chi connectivity index (χ1n) is 11.5. The van der Waals surface area contributed by atoms with Crippen LogP contribution in [0.1, 0.15) is 44.9 Å². The molecule has 0 spiro atoms. The summed E-state index contributed by atoms with van der Waals surface area (Å²) < 4.78 is 11.3. The molecule has 0 bridgehead atoms. The Hall–Kier alpha value is -3.32. The Labute approximate surface area is 201 Å². The number of carbonyl (C=O) groups is 2. The summed E-state index contributed by atoms with van der Waals surface area (Å²) in [6.45, 7) is 8.22. The lowest BCUT2D eigenvalue weighted by Gasteiger charge is -2.26. The average molecular weight is 467 g/mol. The summed E-state index contributed by atoms with van der Waals surface area (Å²) in [6.07, 6.45) is 0.0178. The Bertz CT molecular complexity index is 1040. The quantitative estimate of drug-likeness (QED) is 0.336. The molecule has 1 heterocycles. The van der Waals surface area contributed by atoms with Crippen LogP contribution in [0.5, 0.6) is 5.75 Å². The second kappa shape index (κ2) is 10.7. The highest BCUT2D eigenvalue weighted by molar-refractivity contribution is 6.46. The third-order valence-electron chi connectivity index (χ3n) is 5.55. The fourth-order valence-electron chi connectivity index (χ4n) is 3.92. The molecule has 0 saturated carbocycles. The van der Waals surface area contributed by atoms with Gasteiger partial charge in [0.2, 0.25) is 0 Å². The van der Waals surface area contributed by atoms with E-state index in [1.807, 2.05) is 71.0 Å². The summed E-state index contributed by atoms with van der Waals surface area (Å²) in [4.78, 5) is 29.6. The van der Waals surface area contributed by atoms with Crippen LogP contribution in [0.4, 0.5) is 5.69 Å². The Kier molecular flexibility index (Phi) is 7.99. The van der Waals surface area contributed by atoms with Crippen molar-refractivity contribution in [3.63, 3.8) is 0 Å². The maximum absolute atomic E-state index is 13.1. The summed E-state index contributed by atoms with van der Waals surface area (Å²) in [5.74, 6) is -0.890. The van der Waals surface area contributed by atoms with Crippen LogP contribution in [0.3, 0.4) is 0 Å². The van der Waals surface area contributed by atoms with E-state index in [-0.39, 0.29) is 36.7 Å². The second-order valence-electron chi connectivity index (χ2n) is 9.09. The van der Waals surface area contributed by atoms with E-state index in [0.29, 0.717) is 11.3 Å². The molecule has 0 aliphatic carbocycles. The standard InChI is InChI=1S/C27H34N2O5/c1-17(2)33-16-15-29-24(19-7-11-21(12-8-19)28(5)6)23(26(31)27(29)32)25(30)20-9-13-22(14-10-20)34-18(3)4/h7-14,17-18,24,30H,15-16H2,1-6H3/b25-23-. The molecule has 2 aromatic carbocycles. The predicted molar refractivity (Wildman–Crippen MR) is 133 cm³/mol. The van der Waals surface area contributed by atoms with Gasteiger partial charge in [-0.2, -0.15) is 0 Å². The van der Waals surface area contributed by atoms with Crippen molar-refractivity contribution in [3.8, 4) is 5.75 Å². The zero-order chi connectivity index (χ0) is 25.0. The van der Waals surface area contributed by atoms with Gasteiger partial charge in [0, 0.05) is 31.9 Å². The Balaban J connectivity index is 2.04. The normalized spacial score (nSPS) is 17.6. The minimum Gasteiger partial charge on any atom is -0.507 e. The highest BCUT2D eigenvalue weighted by Crippen LogP contribution is 2.39. The third kappa shape index (κ3) is 5.59. The van der Waals surface area contributed by atoms with Gasteiger partial charge in [-0.3, -0.25) is 9.59 Å². The number of carbonyl (C=O) groups excluding carboxylic acids is 2. The SMILES string of the molecule is CC(C)OCCN1C(=O)C(=O)/C(=C(\O)c2ccc(OC(C)C)cc2)C1c1ccc(N(C)C)cc1. The number of amides is 1. The molecule has 182 valence electrons. The Morgan fingerprint density at radius 3 is 2.12 bits per heavy atom. The van der Waals surface area contributed by atoms with Crippen molar-refractivity contribution in [1.29, 1.82) is 0 Å². The van der Waals surface area contributed by atoms with E-state index in [2.05, 4.69) is 0 Å². The Morgan fingerprint density at radius 1 is 0.971 bits per heavy atom. The van der Waals surface area contributed by atoms with Gasteiger partial charge in [0.25, 0.3) is 11.7 Å². The predicted octanol–water partition coefficient (Wildman–Crippen LogP) is 4.39. The molecular formula is C27H34N2O5. The van der Waals surface area contributed by atoms with Gasteiger partial charge in [0.1, 0.15) is 11.5 Å². The summed E-state index contributed by atoms with van der Waals surface area (Å²) in [7, 11) is 3.88. The zero-order valence-corrected chi connectivity index (χ0v) is 20.7. The number of benzene rings is 2. The topological polar surface area (TPSA) is 79.3 Å². The van der Waals surface area contributed by atoms with Crippen molar-refractivity contribution >= 4 is 23.1 Å². The lowest BCUT2D eigenvalue weighted by molar-refractivity contribution is -0.140. The van der Waals surface area contributed by atoms with Crippen molar-refractivity contribution in [2.45, 2.75) is 45.9 Å². The zero-order valence-electron chi connectivity index (χ0n) is 20.7. The molecule has 34 heavy (non-hydrogen) atoms. The van der Waals surface area contributed by atoms with Crippen LogP contribution in [0.15, 0.2) is 54.1 Å². The molecule has 1 amide bonds. The van der Waals surface area contributed by atoms with Crippen molar-refractivity contribution in [3.05, 3.63) is 65.2 Å². The molecule has 0 aromatic heterocycles. The Morgan fingerprint density at radius 2 is 1.59 bits per heavy atom. The van der Waals surface area contributed by atoms with Crippen molar-refractivity contribution in [2.24, 2.45) is 0 Å². The lowest BCUT2D eigenvalue weighted by Crippen LogP contribution is -2.33. The molecule has 1 aliphatic rings. The van der Waals surface area contributed by atoms with Gasteiger partial charge in [-0.05, 0) is 69.7 Å². The summed E-state index contributed by atoms with van der Waals surface area (Å²) >= 11 is 0. The smallest absolute Gasteiger partial charge is 0.295 e. The van der Waals surface area contributed by atoms with Crippen LogP contribution in [0.2, 0.25) is 0 Å². The number of Topliss-reactive ketones (excluding diaryl/α,β-unsaturated/α-hetero) is 1. The lowest BCUT2D eigenvalue weighted by atomic mass is 9.95. The van der Waals surface area contributed by atoms with Gasteiger partial charge < -0.3 is 24.4 Å². The maximum Gasteiger partial charge on any atom is 0.295 e. The first-order valence-corrected chi connectivity index (χ1v) is 11.5. The molecule has 7 nitrogen and oxygen atoms in total. The number of ether oxygens (including phenoxy) is 2. The summed E-state index contributed by atoms with van der Waals surface area (Å²) in [5, 5.41) is 11.2. The molecule has 7 heteroatoms. The van der Waals surface area contributed by atoms with Crippen molar-refractivity contribution in [1.82, 2.24) is 4.90 Å². The monoisotopic (exact) mass is 466 g/mol. The second-order valence-corrected chi connectivity index (χ2v) is 9.09. The first-order chi connectivity index (χ1) is 16.1. The summed E-state index contributed by atoms with van der Waals surface area (Å²) in [5.41, 5.74) is 2.26. The van der Waals surface area contributed by atoms with Crippen molar-refractivity contribution in [2.75, 3.05) is 32.1 Å². The number of hydrogen-bond donors (Lipinski definition) is 1.